The van der Waals surface area contributed by atoms with Crippen molar-refractivity contribution in [3.05, 3.63) is 21.9 Å². The Kier molecular flexibility index (Phi) is 2.59. The van der Waals surface area contributed by atoms with Crippen LogP contribution in [0.15, 0.2) is 11.4 Å². The van der Waals surface area contributed by atoms with Gasteiger partial charge in [-0.3, -0.25) is 4.79 Å². The molecule has 0 spiro atoms. The lowest BCUT2D eigenvalue weighted by Crippen LogP contribution is -2.17. The number of hydrogen-bond donors (Lipinski definition) is 1. The van der Waals surface area contributed by atoms with E-state index in [1.165, 1.54) is 10.4 Å². The molecular weight excluding hydrogens is 196 g/mol. The molecule has 2 atom stereocenters. The highest BCUT2D eigenvalue weighted by Gasteiger charge is 2.26. The van der Waals surface area contributed by atoms with Gasteiger partial charge in [-0.1, -0.05) is 6.92 Å². The van der Waals surface area contributed by atoms with E-state index in [0.717, 1.165) is 12.8 Å². The van der Waals surface area contributed by atoms with Gasteiger partial charge in [0.2, 0.25) is 0 Å². The molecule has 0 saturated carbocycles. The molecule has 0 fully saturated rings. The minimum absolute atomic E-state index is 0.248. The second-order valence-corrected chi connectivity index (χ2v) is 5.14. The van der Waals surface area contributed by atoms with Crippen LogP contribution in [-0.2, 0) is 11.2 Å². The minimum Gasteiger partial charge on any atom is -0.481 e. The van der Waals surface area contributed by atoms with Crippen LogP contribution in [0.25, 0.3) is 0 Å². The standard InChI is InChI=1S/C11H14O2S/c1-7-4-8(6-11(12)13)9-2-3-14-10(9)5-7/h2-3,7-8H,4-6H2,1H3,(H,12,13). The molecule has 14 heavy (non-hydrogen) atoms. The Balaban J connectivity index is 2.23. The van der Waals surface area contributed by atoms with Gasteiger partial charge in [0.25, 0.3) is 0 Å². The maximum Gasteiger partial charge on any atom is 0.303 e. The summed E-state index contributed by atoms with van der Waals surface area (Å²) >= 11 is 1.77. The Morgan fingerprint density at radius 2 is 2.50 bits per heavy atom. The molecule has 0 radical (unpaired) electrons. The molecule has 0 aromatic carbocycles. The summed E-state index contributed by atoms with van der Waals surface area (Å²) in [4.78, 5) is 12.1. The number of thiophene rings is 1. The van der Waals surface area contributed by atoms with Crippen molar-refractivity contribution in [1.82, 2.24) is 0 Å². The topological polar surface area (TPSA) is 37.3 Å². The van der Waals surface area contributed by atoms with E-state index in [-0.39, 0.29) is 12.3 Å². The molecule has 0 saturated heterocycles. The van der Waals surface area contributed by atoms with Gasteiger partial charge in [0.1, 0.15) is 0 Å². The normalized spacial score (nSPS) is 25.8. The summed E-state index contributed by atoms with van der Waals surface area (Å²) in [7, 11) is 0. The zero-order chi connectivity index (χ0) is 10.1. The zero-order valence-electron chi connectivity index (χ0n) is 8.19. The first-order chi connectivity index (χ1) is 6.66. The van der Waals surface area contributed by atoms with Gasteiger partial charge in [-0.05, 0) is 41.7 Å². The number of carboxylic acids is 1. The summed E-state index contributed by atoms with van der Waals surface area (Å²) in [6, 6.07) is 2.10. The molecule has 1 aliphatic carbocycles. The van der Waals surface area contributed by atoms with Crippen molar-refractivity contribution in [3.63, 3.8) is 0 Å². The van der Waals surface area contributed by atoms with Crippen molar-refractivity contribution in [3.8, 4) is 0 Å². The van der Waals surface area contributed by atoms with Crippen molar-refractivity contribution < 1.29 is 9.90 Å². The Labute approximate surface area is 87.6 Å². The first-order valence-corrected chi connectivity index (χ1v) is 5.83. The molecule has 2 rings (SSSR count). The summed E-state index contributed by atoms with van der Waals surface area (Å²) in [5.74, 6) is 0.198. The number of carboxylic acid groups (broad SMARTS) is 1. The van der Waals surface area contributed by atoms with E-state index in [2.05, 4.69) is 18.4 Å². The van der Waals surface area contributed by atoms with Crippen LogP contribution in [0, 0.1) is 5.92 Å². The van der Waals surface area contributed by atoms with Crippen LogP contribution in [0.1, 0.15) is 36.1 Å². The third kappa shape index (κ3) is 1.82. The van der Waals surface area contributed by atoms with Gasteiger partial charge >= 0.3 is 5.97 Å². The maximum absolute atomic E-state index is 10.7. The van der Waals surface area contributed by atoms with E-state index < -0.39 is 5.97 Å². The molecule has 2 nitrogen and oxygen atoms in total. The Hall–Kier alpha value is -0.830. The van der Waals surface area contributed by atoms with Crippen LogP contribution >= 0.6 is 11.3 Å². The van der Waals surface area contributed by atoms with Crippen molar-refractivity contribution in [2.75, 3.05) is 0 Å². The van der Waals surface area contributed by atoms with E-state index in [0.29, 0.717) is 5.92 Å². The SMILES string of the molecule is CC1Cc2sccc2C(CC(=O)O)C1. The smallest absolute Gasteiger partial charge is 0.303 e. The molecule has 0 aliphatic heterocycles. The third-order valence-electron chi connectivity index (χ3n) is 2.86. The molecule has 1 aromatic rings. The van der Waals surface area contributed by atoms with Crippen LogP contribution < -0.4 is 0 Å². The fourth-order valence-electron chi connectivity index (χ4n) is 2.30. The quantitative estimate of drug-likeness (QED) is 0.815. The van der Waals surface area contributed by atoms with Crippen LogP contribution in [0.3, 0.4) is 0 Å². The first kappa shape index (κ1) is 9.71. The summed E-state index contributed by atoms with van der Waals surface area (Å²) < 4.78 is 0. The van der Waals surface area contributed by atoms with Crippen LogP contribution in [-0.4, -0.2) is 11.1 Å². The lowest BCUT2D eigenvalue weighted by molar-refractivity contribution is -0.137. The summed E-state index contributed by atoms with van der Waals surface area (Å²) in [5.41, 5.74) is 1.29. The molecular formula is C11H14O2S. The zero-order valence-corrected chi connectivity index (χ0v) is 9.01. The monoisotopic (exact) mass is 210 g/mol. The first-order valence-electron chi connectivity index (χ1n) is 4.95. The fraction of sp³-hybridized carbons (Fsp3) is 0.545. The molecule has 1 N–H and O–H groups in total. The number of carbonyl (C=O) groups is 1. The van der Waals surface area contributed by atoms with Crippen LogP contribution in [0.5, 0.6) is 0 Å². The minimum atomic E-state index is -0.679. The molecule has 76 valence electrons. The number of rotatable bonds is 2. The van der Waals surface area contributed by atoms with Crippen molar-refractivity contribution in [2.24, 2.45) is 5.92 Å². The van der Waals surface area contributed by atoms with Crippen molar-refractivity contribution >= 4 is 17.3 Å². The number of aliphatic carboxylic acids is 1. The van der Waals surface area contributed by atoms with Gasteiger partial charge in [-0.15, -0.1) is 11.3 Å². The average molecular weight is 210 g/mol. The molecule has 1 aromatic heterocycles. The second-order valence-electron chi connectivity index (χ2n) is 4.14. The van der Waals surface area contributed by atoms with Gasteiger partial charge < -0.3 is 5.11 Å². The average Bonchev–Trinajstić information content (AvgIpc) is 2.50. The van der Waals surface area contributed by atoms with Crippen LogP contribution in [0.4, 0.5) is 0 Å². The molecule has 0 amide bonds. The van der Waals surface area contributed by atoms with Crippen molar-refractivity contribution in [1.29, 1.82) is 0 Å². The second kappa shape index (κ2) is 3.73. The molecule has 1 heterocycles. The Bertz CT molecular complexity index is 343. The number of hydrogen-bond acceptors (Lipinski definition) is 2. The van der Waals surface area contributed by atoms with Gasteiger partial charge in [0.05, 0.1) is 6.42 Å². The predicted molar refractivity (Wildman–Crippen MR) is 56.8 cm³/mol. The van der Waals surface area contributed by atoms with E-state index in [1.807, 2.05) is 0 Å². The third-order valence-corrected chi connectivity index (χ3v) is 3.82. The summed E-state index contributed by atoms with van der Waals surface area (Å²) in [5, 5.41) is 10.9. The summed E-state index contributed by atoms with van der Waals surface area (Å²) in [6.45, 7) is 2.21. The summed E-state index contributed by atoms with van der Waals surface area (Å²) in [6.07, 6.45) is 2.44. The lowest BCUT2D eigenvalue weighted by Gasteiger charge is -2.25. The van der Waals surface area contributed by atoms with Gasteiger partial charge in [-0.25, -0.2) is 0 Å². The van der Waals surface area contributed by atoms with Crippen molar-refractivity contribution in [2.45, 2.75) is 32.1 Å². The van der Waals surface area contributed by atoms with E-state index in [1.54, 1.807) is 11.3 Å². The van der Waals surface area contributed by atoms with E-state index in [9.17, 15) is 4.79 Å². The number of fused-ring (bicyclic) bond motifs is 1. The largest absolute Gasteiger partial charge is 0.481 e. The van der Waals surface area contributed by atoms with Crippen LogP contribution in [0.2, 0.25) is 0 Å². The maximum atomic E-state index is 10.7. The van der Waals surface area contributed by atoms with Gasteiger partial charge in [-0.2, -0.15) is 0 Å². The highest BCUT2D eigenvalue weighted by Crippen LogP contribution is 2.39. The molecule has 0 bridgehead atoms. The molecule has 3 heteroatoms. The predicted octanol–water partition coefficient (Wildman–Crippen LogP) is 2.89. The molecule has 1 aliphatic rings. The fourth-order valence-corrected chi connectivity index (χ4v) is 3.43. The Morgan fingerprint density at radius 3 is 3.21 bits per heavy atom. The lowest BCUT2D eigenvalue weighted by atomic mass is 9.80. The Morgan fingerprint density at radius 1 is 1.71 bits per heavy atom. The van der Waals surface area contributed by atoms with E-state index in [4.69, 9.17) is 5.11 Å². The highest BCUT2D eigenvalue weighted by molar-refractivity contribution is 7.10. The highest BCUT2D eigenvalue weighted by atomic mass is 32.1. The van der Waals surface area contributed by atoms with Gasteiger partial charge in [0, 0.05) is 4.88 Å². The van der Waals surface area contributed by atoms with Gasteiger partial charge in [0.15, 0.2) is 0 Å². The molecule has 2 unspecified atom stereocenters. The van der Waals surface area contributed by atoms with E-state index >= 15 is 0 Å².